The molecule has 2 aromatic carbocycles. The van der Waals surface area contributed by atoms with Gasteiger partial charge in [0.15, 0.2) is 0 Å². The molecule has 0 aromatic heterocycles. The Balaban J connectivity index is 1.77. The highest BCUT2D eigenvalue weighted by atomic mass is 127. The molecular formula is C19H18ClIN4O3. The van der Waals surface area contributed by atoms with Crippen molar-refractivity contribution < 1.29 is 14.4 Å². The number of aryl methyl sites for hydroxylation is 1. The summed E-state index contributed by atoms with van der Waals surface area (Å²) in [6, 6.07) is 12.2. The number of carbonyl (C=O) groups excluding carboxylic acids is 3. The van der Waals surface area contributed by atoms with Crippen LogP contribution in [-0.4, -0.2) is 17.7 Å². The maximum absolute atomic E-state index is 12.0. The largest absolute Gasteiger partial charge is 0.327 e. The third-order valence-corrected chi connectivity index (χ3v) is 4.55. The first-order valence-electron chi connectivity index (χ1n) is 8.11. The van der Waals surface area contributed by atoms with Gasteiger partial charge in [-0.2, -0.15) is 0 Å². The summed E-state index contributed by atoms with van der Waals surface area (Å²) in [6.45, 7) is 5.48. The summed E-state index contributed by atoms with van der Waals surface area (Å²) in [7, 11) is 0. The molecule has 0 atom stereocenters. The molecule has 2 aromatic rings. The van der Waals surface area contributed by atoms with Crippen molar-refractivity contribution in [3.05, 3.63) is 68.9 Å². The van der Waals surface area contributed by atoms with Gasteiger partial charge >= 0.3 is 11.8 Å². The Kier molecular flexibility index (Phi) is 7.82. The number of hydrogen-bond donors (Lipinski definition) is 4. The first kappa shape index (κ1) is 21.7. The summed E-state index contributed by atoms with van der Waals surface area (Å²) in [5, 5.41) is 5.62. The molecule has 146 valence electrons. The maximum atomic E-state index is 12.0. The molecular weight excluding hydrogens is 495 g/mol. The number of anilines is 2. The van der Waals surface area contributed by atoms with Crippen LogP contribution >= 0.6 is 34.2 Å². The zero-order valence-corrected chi connectivity index (χ0v) is 17.8. The summed E-state index contributed by atoms with van der Waals surface area (Å²) in [5.74, 6) is -2.13. The van der Waals surface area contributed by atoms with E-state index < -0.39 is 11.8 Å². The topological polar surface area (TPSA) is 99.3 Å². The van der Waals surface area contributed by atoms with Crippen molar-refractivity contribution in [3.8, 4) is 0 Å². The predicted molar refractivity (Wildman–Crippen MR) is 118 cm³/mol. The van der Waals surface area contributed by atoms with Crippen molar-refractivity contribution in [1.29, 1.82) is 0 Å². The van der Waals surface area contributed by atoms with Crippen molar-refractivity contribution >= 4 is 63.3 Å². The molecule has 0 aliphatic carbocycles. The minimum absolute atomic E-state index is 0.0824. The summed E-state index contributed by atoms with van der Waals surface area (Å²) < 4.78 is 0.987. The minimum atomic E-state index is -0.934. The number of rotatable bonds is 6. The van der Waals surface area contributed by atoms with E-state index in [2.05, 4.69) is 50.7 Å². The van der Waals surface area contributed by atoms with Gasteiger partial charge in [0.05, 0.1) is 6.42 Å². The number of nitrogens with one attached hydrogen (secondary N) is 4. The fourth-order valence-electron chi connectivity index (χ4n) is 2.07. The van der Waals surface area contributed by atoms with Crippen molar-refractivity contribution in [2.45, 2.75) is 13.3 Å². The molecule has 4 N–H and O–H groups in total. The first-order chi connectivity index (χ1) is 13.2. The molecule has 3 amide bonds. The fraction of sp³-hybridized carbons (Fsp3) is 0.105. The molecule has 0 aliphatic rings. The van der Waals surface area contributed by atoms with E-state index >= 15 is 0 Å². The number of hydrazine groups is 1. The fourth-order valence-corrected chi connectivity index (χ4v) is 2.79. The molecule has 0 heterocycles. The second-order valence-electron chi connectivity index (χ2n) is 5.84. The van der Waals surface area contributed by atoms with Crippen LogP contribution in [0.25, 0.3) is 0 Å². The number of amides is 3. The second kappa shape index (κ2) is 10.1. The molecule has 0 fully saturated rings. The Labute approximate surface area is 181 Å². The maximum Gasteiger partial charge on any atom is 0.327 e. The second-order valence-corrected chi connectivity index (χ2v) is 7.49. The molecule has 0 spiro atoms. The third kappa shape index (κ3) is 6.86. The normalized spacial score (nSPS) is 9.96. The Morgan fingerprint density at radius 1 is 1.00 bits per heavy atom. The van der Waals surface area contributed by atoms with Crippen LogP contribution in [0.15, 0.2) is 54.7 Å². The van der Waals surface area contributed by atoms with Gasteiger partial charge in [-0.05, 0) is 65.4 Å². The lowest BCUT2D eigenvalue weighted by atomic mass is 10.2. The van der Waals surface area contributed by atoms with Gasteiger partial charge < -0.3 is 16.1 Å². The van der Waals surface area contributed by atoms with Crippen molar-refractivity contribution in [2.24, 2.45) is 0 Å². The van der Waals surface area contributed by atoms with Crippen LogP contribution in [-0.2, 0) is 14.4 Å². The Morgan fingerprint density at radius 3 is 2.39 bits per heavy atom. The Bertz CT molecular complexity index is 933. The van der Waals surface area contributed by atoms with E-state index in [1.165, 1.54) is 0 Å². The monoisotopic (exact) mass is 512 g/mol. The Hall–Kier alpha value is -2.59. The van der Waals surface area contributed by atoms with Gasteiger partial charge in [0.1, 0.15) is 0 Å². The number of hydrogen-bond acceptors (Lipinski definition) is 4. The van der Waals surface area contributed by atoms with Crippen LogP contribution in [0.5, 0.6) is 0 Å². The molecule has 0 saturated carbocycles. The summed E-state index contributed by atoms with van der Waals surface area (Å²) in [4.78, 5) is 35.8. The van der Waals surface area contributed by atoms with Crippen LogP contribution in [0.1, 0.15) is 12.0 Å². The van der Waals surface area contributed by atoms with Crippen LogP contribution in [0.4, 0.5) is 11.4 Å². The average molecular weight is 513 g/mol. The zero-order valence-electron chi connectivity index (χ0n) is 14.9. The number of carbonyl (C=O) groups is 3. The van der Waals surface area contributed by atoms with E-state index in [0.717, 1.165) is 9.13 Å². The van der Waals surface area contributed by atoms with E-state index in [4.69, 9.17) is 11.6 Å². The lowest BCUT2D eigenvalue weighted by Gasteiger charge is -2.12. The highest BCUT2D eigenvalue weighted by Crippen LogP contribution is 2.19. The first-order valence-corrected chi connectivity index (χ1v) is 9.57. The molecule has 0 aliphatic heterocycles. The zero-order chi connectivity index (χ0) is 20.7. The van der Waals surface area contributed by atoms with Gasteiger partial charge in [-0.3, -0.25) is 19.8 Å². The molecule has 9 heteroatoms. The molecule has 0 saturated heterocycles. The van der Waals surface area contributed by atoms with Crippen LogP contribution in [0.3, 0.4) is 0 Å². The van der Waals surface area contributed by atoms with E-state index in [-0.39, 0.29) is 18.0 Å². The lowest BCUT2D eigenvalue weighted by molar-refractivity contribution is -0.136. The minimum Gasteiger partial charge on any atom is -0.326 e. The lowest BCUT2D eigenvalue weighted by Crippen LogP contribution is -2.43. The van der Waals surface area contributed by atoms with Gasteiger partial charge in [0, 0.05) is 25.7 Å². The predicted octanol–water partition coefficient (Wildman–Crippen LogP) is 3.35. The number of halogens is 2. The quantitative estimate of drug-likeness (QED) is 0.271. The van der Waals surface area contributed by atoms with Gasteiger partial charge in [0.2, 0.25) is 5.91 Å². The van der Waals surface area contributed by atoms with Crippen molar-refractivity contribution in [2.75, 3.05) is 10.6 Å². The molecule has 0 unspecified atom stereocenters. The third-order valence-electron chi connectivity index (χ3n) is 3.47. The van der Waals surface area contributed by atoms with Gasteiger partial charge in [-0.25, -0.2) is 0 Å². The number of benzene rings is 2. The molecule has 0 radical (unpaired) electrons. The molecule has 2 rings (SSSR count). The summed E-state index contributed by atoms with van der Waals surface area (Å²) >= 11 is 8.12. The SMILES string of the molecule is C=C(CC(=O)Nc1cccc(I)c1)NNC(=O)C(=O)Nc1ccc(C)c(Cl)c1. The van der Waals surface area contributed by atoms with E-state index in [0.29, 0.717) is 16.4 Å². The van der Waals surface area contributed by atoms with Crippen LogP contribution in [0.2, 0.25) is 5.02 Å². The standard InChI is InChI=1S/C19H18ClIN4O3/c1-11-6-7-15(10-16(11)20)23-18(27)19(28)25-24-12(2)8-17(26)22-14-5-3-4-13(21)9-14/h3-7,9-10,24H,2,8H2,1H3,(H,22,26)(H,23,27)(H,25,28). The Morgan fingerprint density at radius 2 is 1.71 bits per heavy atom. The van der Waals surface area contributed by atoms with E-state index in [1.54, 1.807) is 24.3 Å². The average Bonchev–Trinajstić information content (AvgIpc) is 2.62. The van der Waals surface area contributed by atoms with Gasteiger partial charge in [-0.1, -0.05) is 30.3 Å². The molecule has 0 bridgehead atoms. The van der Waals surface area contributed by atoms with Crippen molar-refractivity contribution in [3.63, 3.8) is 0 Å². The van der Waals surface area contributed by atoms with Crippen LogP contribution in [0, 0.1) is 10.5 Å². The highest BCUT2D eigenvalue weighted by molar-refractivity contribution is 14.1. The van der Waals surface area contributed by atoms with E-state index in [1.807, 2.05) is 25.1 Å². The smallest absolute Gasteiger partial charge is 0.326 e. The van der Waals surface area contributed by atoms with Gasteiger partial charge in [0.25, 0.3) is 0 Å². The summed E-state index contributed by atoms with van der Waals surface area (Å²) in [5.41, 5.74) is 6.78. The van der Waals surface area contributed by atoms with Crippen molar-refractivity contribution in [1.82, 2.24) is 10.9 Å². The molecule has 28 heavy (non-hydrogen) atoms. The summed E-state index contributed by atoms with van der Waals surface area (Å²) in [6.07, 6.45) is -0.0824. The van der Waals surface area contributed by atoms with E-state index in [9.17, 15) is 14.4 Å². The van der Waals surface area contributed by atoms with Crippen LogP contribution < -0.4 is 21.5 Å². The highest BCUT2D eigenvalue weighted by Gasteiger charge is 2.14. The molecule has 7 nitrogen and oxygen atoms in total. The van der Waals surface area contributed by atoms with Gasteiger partial charge in [-0.15, -0.1) is 0 Å².